The van der Waals surface area contributed by atoms with Gasteiger partial charge in [-0.1, -0.05) is 13.8 Å². The first-order chi connectivity index (χ1) is 8.43. The number of imide groups is 1. The molecule has 0 radical (unpaired) electrons. The summed E-state index contributed by atoms with van der Waals surface area (Å²) >= 11 is 0. The van der Waals surface area contributed by atoms with Gasteiger partial charge < -0.3 is 16.0 Å². The summed E-state index contributed by atoms with van der Waals surface area (Å²) in [5, 5.41) is 10.6. The number of carbonyl (C=O) groups excluding carboxylic acids is 3. The SMILES string of the molecule is CC(C)CNC(=O)[C@H]1C[C@]2(CN1)NC(=O)NC2=O. The second-order valence-electron chi connectivity index (χ2n) is 5.27. The van der Waals surface area contributed by atoms with E-state index in [0.29, 0.717) is 12.5 Å². The van der Waals surface area contributed by atoms with Gasteiger partial charge in [0, 0.05) is 19.5 Å². The maximum Gasteiger partial charge on any atom is 0.322 e. The van der Waals surface area contributed by atoms with Crippen molar-refractivity contribution in [3.8, 4) is 0 Å². The van der Waals surface area contributed by atoms with E-state index in [9.17, 15) is 14.4 Å². The summed E-state index contributed by atoms with van der Waals surface area (Å²) in [6.45, 7) is 4.90. The number of nitrogens with one attached hydrogen (secondary N) is 4. The van der Waals surface area contributed by atoms with E-state index in [4.69, 9.17) is 0 Å². The monoisotopic (exact) mass is 254 g/mol. The van der Waals surface area contributed by atoms with Crippen LogP contribution in [0.2, 0.25) is 0 Å². The average Bonchev–Trinajstić information content (AvgIpc) is 2.81. The number of hydrogen-bond donors (Lipinski definition) is 4. The molecule has 2 aliphatic rings. The third-order valence-electron chi connectivity index (χ3n) is 3.22. The summed E-state index contributed by atoms with van der Waals surface area (Å²) in [4.78, 5) is 34.7. The predicted octanol–water partition coefficient (Wildman–Crippen LogP) is -1.30. The minimum Gasteiger partial charge on any atom is -0.354 e. The molecule has 7 heteroatoms. The van der Waals surface area contributed by atoms with Gasteiger partial charge in [-0.05, 0) is 5.92 Å². The van der Waals surface area contributed by atoms with Gasteiger partial charge in [0.1, 0.15) is 5.54 Å². The highest BCUT2D eigenvalue weighted by Crippen LogP contribution is 2.22. The van der Waals surface area contributed by atoms with Crippen molar-refractivity contribution in [2.24, 2.45) is 5.92 Å². The lowest BCUT2D eigenvalue weighted by molar-refractivity contribution is -0.124. The van der Waals surface area contributed by atoms with Gasteiger partial charge in [0.2, 0.25) is 5.91 Å². The highest BCUT2D eigenvalue weighted by Gasteiger charge is 2.52. The van der Waals surface area contributed by atoms with E-state index in [1.807, 2.05) is 13.8 Å². The van der Waals surface area contributed by atoms with Crippen LogP contribution in [0.1, 0.15) is 20.3 Å². The normalized spacial score (nSPS) is 30.7. The maximum atomic E-state index is 11.9. The van der Waals surface area contributed by atoms with E-state index in [1.165, 1.54) is 0 Å². The van der Waals surface area contributed by atoms with Crippen LogP contribution >= 0.6 is 0 Å². The number of hydrogen-bond acceptors (Lipinski definition) is 4. The Balaban J connectivity index is 1.94. The van der Waals surface area contributed by atoms with Gasteiger partial charge in [-0.2, -0.15) is 0 Å². The number of rotatable bonds is 3. The Morgan fingerprint density at radius 1 is 1.50 bits per heavy atom. The van der Waals surface area contributed by atoms with Crippen molar-refractivity contribution in [2.75, 3.05) is 13.1 Å². The van der Waals surface area contributed by atoms with Crippen LogP contribution in [0.4, 0.5) is 4.79 Å². The summed E-state index contributed by atoms with van der Waals surface area (Å²) in [6, 6.07) is -0.932. The van der Waals surface area contributed by atoms with Crippen molar-refractivity contribution in [2.45, 2.75) is 31.8 Å². The zero-order valence-electron chi connectivity index (χ0n) is 10.5. The first-order valence-electron chi connectivity index (χ1n) is 6.08. The van der Waals surface area contributed by atoms with Crippen LogP contribution in [-0.4, -0.2) is 42.5 Å². The Morgan fingerprint density at radius 2 is 2.22 bits per heavy atom. The number of amides is 4. The standard InChI is InChI=1S/C11H18N4O3/c1-6(2)4-12-8(16)7-3-11(5-13-7)9(17)14-10(18)15-11/h6-7,13H,3-5H2,1-2H3,(H,12,16)(H2,14,15,17,18)/t7-,11-/m1/s1. The van der Waals surface area contributed by atoms with Gasteiger partial charge in [-0.25, -0.2) is 4.79 Å². The van der Waals surface area contributed by atoms with Crippen LogP contribution < -0.4 is 21.3 Å². The van der Waals surface area contributed by atoms with Crippen LogP contribution in [0.3, 0.4) is 0 Å². The fourth-order valence-corrected chi connectivity index (χ4v) is 2.20. The van der Waals surface area contributed by atoms with Crippen LogP contribution in [0.15, 0.2) is 0 Å². The molecule has 1 spiro atoms. The van der Waals surface area contributed by atoms with E-state index < -0.39 is 17.6 Å². The molecule has 2 aliphatic heterocycles. The van der Waals surface area contributed by atoms with Crippen LogP contribution in [0.5, 0.6) is 0 Å². The molecule has 0 aliphatic carbocycles. The Hall–Kier alpha value is -1.63. The van der Waals surface area contributed by atoms with Gasteiger partial charge in [-0.3, -0.25) is 14.9 Å². The first kappa shape index (κ1) is 12.8. The Bertz CT molecular complexity index is 396. The lowest BCUT2D eigenvalue weighted by Crippen LogP contribution is -2.48. The third kappa shape index (κ3) is 2.31. The smallest absolute Gasteiger partial charge is 0.322 e. The number of carbonyl (C=O) groups is 3. The fraction of sp³-hybridized carbons (Fsp3) is 0.727. The van der Waals surface area contributed by atoms with Gasteiger partial charge in [-0.15, -0.1) is 0 Å². The van der Waals surface area contributed by atoms with Crippen molar-refractivity contribution in [1.29, 1.82) is 0 Å². The van der Waals surface area contributed by atoms with E-state index in [1.54, 1.807) is 0 Å². The molecule has 18 heavy (non-hydrogen) atoms. The largest absolute Gasteiger partial charge is 0.354 e. The van der Waals surface area contributed by atoms with Crippen molar-refractivity contribution in [3.63, 3.8) is 0 Å². The molecule has 0 aromatic heterocycles. The molecule has 2 atom stereocenters. The summed E-state index contributed by atoms with van der Waals surface area (Å²) in [5.41, 5.74) is -0.961. The number of urea groups is 1. The molecule has 0 saturated carbocycles. The fourth-order valence-electron chi connectivity index (χ4n) is 2.20. The molecular formula is C11H18N4O3. The van der Waals surface area contributed by atoms with Crippen molar-refractivity contribution >= 4 is 17.8 Å². The van der Waals surface area contributed by atoms with E-state index in [0.717, 1.165) is 0 Å². The maximum absolute atomic E-state index is 11.9. The van der Waals surface area contributed by atoms with Crippen molar-refractivity contribution in [3.05, 3.63) is 0 Å². The third-order valence-corrected chi connectivity index (χ3v) is 3.22. The average molecular weight is 254 g/mol. The molecule has 2 fully saturated rings. The van der Waals surface area contributed by atoms with Crippen molar-refractivity contribution in [1.82, 2.24) is 21.3 Å². The first-order valence-corrected chi connectivity index (χ1v) is 6.08. The predicted molar refractivity (Wildman–Crippen MR) is 63.7 cm³/mol. The lowest BCUT2D eigenvalue weighted by atomic mass is 9.96. The minimum absolute atomic E-state index is 0.130. The van der Waals surface area contributed by atoms with Crippen LogP contribution in [0.25, 0.3) is 0 Å². The van der Waals surface area contributed by atoms with E-state index in [2.05, 4.69) is 21.3 Å². The molecule has 2 rings (SSSR count). The lowest BCUT2D eigenvalue weighted by Gasteiger charge is -2.18. The Kier molecular flexibility index (Phi) is 3.25. The summed E-state index contributed by atoms with van der Waals surface area (Å²) in [5.74, 6) is -0.118. The topological polar surface area (TPSA) is 99.3 Å². The van der Waals surface area contributed by atoms with E-state index in [-0.39, 0.29) is 24.8 Å². The molecule has 0 unspecified atom stereocenters. The Labute approximate surface area is 105 Å². The summed E-state index contributed by atoms with van der Waals surface area (Å²) in [7, 11) is 0. The molecule has 0 bridgehead atoms. The highest BCUT2D eigenvalue weighted by atomic mass is 16.2. The molecule has 2 heterocycles. The van der Waals surface area contributed by atoms with Gasteiger partial charge in [0.05, 0.1) is 6.04 Å². The molecule has 0 aromatic rings. The molecule has 2 saturated heterocycles. The zero-order valence-corrected chi connectivity index (χ0v) is 10.5. The highest BCUT2D eigenvalue weighted by molar-refractivity contribution is 6.08. The summed E-state index contributed by atoms with van der Waals surface area (Å²) in [6.07, 6.45) is 0.286. The minimum atomic E-state index is -0.961. The molecule has 4 amide bonds. The van der Waals surface area contributed by atoms with E-state index >= 15 is 0 Å². The van der Waals surface area contributed by atoms with Crippen LogP contribution in [0, 0.1) is 5.92 Å². The van der Waals surface area contributed by atoms with Crippen LogP contribution in [-0.2, 0) is 9.59 Å². The molecule has 7 nitrogen and oxygen atoms in total. The molecule has 0 aromatic carbocycles. The second kappa shape index (κ2) is 4.56. The van der Waals surface area contributed by atoms with Gasteiger partial charge in [0.25, 0.3) is 5.91 Å². The van der Waals surface area contributed by atoms with Gasteiger partial charge >= 0.3 is 6.03 Å². The second-order valence-corrected chi connectivity index (χ2v) is 5.27. The molecule has 4 N–H and O–H groups in total. The van der Waals surface area contributed by atoms with Gasteiger partial charge in [0.15, 0.2) is 0 Å². The zero-order chi connectivity index (χ0) is 13.3. The Morgan fingerprint density at radius 3 is 2.78 bits per heavy atom. The quantitative estimate of drug-likeness (QED) is 0.470. The van der Waals surface area contributed by atoms with Crippen molar-refractivity contribution < 1.29 is 14.4 Å². The summed E-state index contributed by atoms with van der Waals surface area (Å²) < 4.78 is 0. The molecular weight excluding hydrogens is 236 g/mol. The molecule has 100 valence electrons.